The van der Waals surface area contributed by atoms with Crippen LogP contribution in [0.2, 0.25) is 0 Å². The van der Waals surface area contributed by atoms with Crippen LogP contribution in [-0.4, -0.2) is 6.88 Å². The van der Waals surface area contributed by atoms with Gasteiger partial charge in [-0.2, -0.15) is 11.1 Å². The summed E-state index contributed by atoms with van der Waals surface area (Å²) in [5.74, 6) is 0.560. The van der Waals surface area contributed by atoms with E-state index in [1.54, 1.807) is 0 Å². The van der Waals surface area contributed by atoms with Gasteiger partial charge in [0.1, 0.15) is 0 Å². The van der Waals surface area contributed by atoms with Gasteiger partial charge in [0, 0.05) is 0 Å². The fraction of sp³-hybridized carbons (Fsp3) is 0.276. The standard InChI is InChI=1S/C18H17.C9H13.2CH3.2ClH.Si.Zr/c1-12-10-16(11-13(2)14(12)3)18-9-8-15-6-4-5-7-17(15)18;1-6-5-7(2)9(4)8(6)3;;;;;;/h4-11H,1-3H3;6H,1-4H3;2*1H3;2*1H;;/q4*-1;;;;. The van der Waals surface area contributed by atoms with Crippen molar-refractivity contribution in [2.24, 2.45) is 5.92 Å². The molecule has 0 aromatic heterocycles. The van der Waals surface area contributed by atoms with E-state index in [2.05, 4.69) is 110 Å². The van der Waals surface area contributed by atoms with Crippen molar-refractivity contribution in [3.8, 4) is 11.1 Å². The van der Waals surface area contributed by atoms with E-state index in [-0.39, 0.29) is 39.7 Å². The maximum absolute atomic E-state index is 3.36. The van der Waals surface area contributed by atoms with Crippen LogP contribution in [0.3, 0.4) is 0 Å². The summed E-state index contributed by atoms with van der Waals surface area (Å²) in [6, 6.07) is 17.6. The number of hydrogen-bond donors (Lipinski definition) is 0. The number of fused-ring (bicyclic) bond motifs is 1. The van der Waals surface area contributed by atoms with Gasteiger partial charge in [-0.1, -0.05) is 50.5 Å². The van der Waals surface area contributed by atoms with E-state index >= 15 is 0 Å². The van der Waals surface area contributed by atoms with Crippen LogP contribution in [-0.2, 0) is 23.3 Å². The van der Waals surface area contributed by atoms with Gasteiger partial charge in [-0.25, -0.2) is 5.57 Å². The van der Waals surface area contributed by atoms with Gasteiger partial charge >= 0.3 is 30.2 Å². The first-order valence-electron chi connectivity index (χ1n) is 10.0. The van der Waals surface area contributed by atoms with Crippen molar-refractivity contribution in [3.63, 3.8) is 0 Å². The van der Waals surface area contributed by atoms with Crippen molar-refractivity contribution in [1.82, 2.24) is 0 Å². The first-order chi connectivity index (χ1) is 13.8. The summed E-state index contributed by atoms with van der Waals surface area (Å²) in [4.78, 5) is 0. The number of hydrogen-bond acceptors (Lipinski definition) is 0. The number of rotatable bonds is 1. The molecule has 1 unspecified atom stereocenters. The van der Waals surface area contributed by atoms with Crippen LogP contribution in [0.1, 0.15) is 44.4 Å². The molecule has 0 nitrogen and oxygen atoms in total. The molecule has 4 rings (SSSR count). The summed E-state index contributed by atoms with van der Waals surface area (Å²) in [5.41, 5.74) is 11.1. The van der Waals surface area contributed by atoms with E-state index in [9.17, 15) is 0 Å². The van der Waals surface area contributed by atoms with E-state index in [1.165, 1.54) is 78.6 Å². The van der Waals surface area contributed by atoms with Crippen molar-refractivity contribution in [1.29, 1.82) is 0 Å². The Hall–Kier alpha value is -0.790. The summed E-state index contributed by atoms with van der Waals surface area (Å²) in [7, 11) is 0. The molecule has 0 fully saturated rings. The Morgan fingerprint density at radius 1 is 0.879 bits per heavy atom. The summed E-state index contributed by atoms with van der Waals surface area (Å²) < 4.78 is 0. The Labute approximate surface area is 232 Å². The van der Waals surface area contributed by atoms with E-state index in [1.807, 2.05) is 0 Å². The van der Waals surface area contributed by atoms with Crippen LogP contribution in [0.5, 0.6) is 0 Å². The van der Waals surface area contributed by atoms with Gasteiger partial charge in [-0.3, -0.25) is 6.08 Å². The van der Waals surface area contributed by atoms with Crippen LogP contribution in [0.4, 0.5) is 0 Å². The third kappa shape index (κ3) is 8.74. The number of allylic oxidation sites excluding steroid dienone is 4. The number of aryl methyl sites for hydroxylation is 2. The van der Waals surface area contributed by atoms with Gasteiger partial charge in [0.05, 0.1) is 0 Å². The Kier molecular flexibility index (Phi) is 18.7. The Morgan fingerprint density at radius 2 is 1.39 bits per heavy atom. The first-order valence-corrected chi connectivity index (χ1v) is 14.2. The van der Waals surface area contributed by atoms with Gasteiger partial charge in [0.25, 0.3) is 0 Å². The van der Waals surface area contributed by atoms with Crippen LogP contribution < -0.4 is 0 Å². The summed E-state index contributed by atoms with van der Waals surface area (Å²) >= 11 is 1.36. The zero-order chi connectivity index (χ0) is 21.7. The average Bonchev–Trinajstić information content (AvgIpc) is 3.25. The van der Waals surface area contributed by atoms with Gasteiger partial charge in [-0.05, 0) is 37.5 Å². The van der Waals surface area contributed by atoms with Crippen molar-refractivity contribution < 1.29 is 23.3 Å². The second-order valence-corrected chi connectivity index (χ2v) is 7.87. The molecule has 33 heavy (non-hydrogen) atoms. The second-order valence-electron chi connectivity index (χ2n) is 7.87. The van der Waals surface area contributed by atoms with Crippen LogP contribution in [0.25, 0.3) is 21.9 Å². The summed E-state index contributed by atoms with van der Waals surface area (Å²) in [6.07, 6.45) is 3.36. The molecule has 0 aliphatic heterocycles. The minimum atomic E-state index is 0. The normalized spacial score (nSPS) is 13.5. The summed E-state index contributed by atoms with van der Waals surface area (Å²) in [5, 5.41) is 2.67. The predicted octanol–water partition coefficient (Wildman–Crippen LogP) is 9.23. The zero-order valence-corrected chi connectivity index (χ0v) is 26.6. The maximum atomic E-state index is 3.36. The Bertz CT molecular complexity index is 1050. The van der Waals surface area contributed by atoms with Crippen LogP contribution in [0, 0.1) is 47.6 Å². The molecule has 3 aromatic rings. The van der Waals surface area contributed by atoms with Gasteiger partial charge in [0.2, 0.25) is 0 Å². The SMILES string of the molecule is CC1=[C-]C(C)C(C)=C1C.Cc1cc(-c2c[cH-]c3ccccc23)cc(C)c1C.Cl.Cl.[CH3-].[CH3-].[Si]=[Zr]. The third-order valence-electron chi connectivity index (χ3n) is 6.16. The molecular formula is C29H38Cl2SiZr-4. The molecule has 0 spiro atoms. The molecule has 0 saturated carbocycles. The van der Waals surface area contributed by atoms with E-state index in [0.717, 1.165) is 0 Å². The van der Waals surface area contributed by atoms with Gasteiger partial charge in [0.15, 0.2) is 0 Å². The molecule has 4 heteroatoms. The first kappa shape index (κ1) is 36.8. The monoisotopic (exact) mass is 574 g/mol. The molecule has 0 amide bonds. The van der Waals surface area contributed by atoms with E-state index < -0.39 is 0 Å². The Morgan fingerprint density at radius 3 is 1.82 bits per heavy atom. The number of halogens is 2. The molecule has 0 bridgehead atoms. The molecule has 1 atom stereocenters. The Balaban J connectivity index is -0.000000522. The second kappa shape index (κ2) is 16.8. The zero-order valence-electron chi connectivity index (χ0n) is 21.5. The molecule has 2 radical (unpaired) electrons. The third-order valence-corrected chi connectivity index (χ3v) is 6.16. The van der Waals surface area contributed by atoms with Crippen LogP contribution >= 0.6 is 24.8 Å². The van der Waals surface area contributed by atoms with Crippen molar-refractivity contribution >= 4 is 42.5 Å². The van der Waals surface area contributed by atoms with Gasteiger partial charge in [-0.15, -0.1) is 78.4 Å². The molecule has 3 aromatic carbocycles. The molecule has 1 aliphatic carbocycles. The quantitative estimate of drug-likeness (QED) is 0.200. The van der Waals surface area contributed by atoms with Crippen LogP contribution in [0.15, 0.2) is 65.3 Å². The fourth-order valence-electron chi connectivity index (χ4n) is 3.76. The van der Waals surface area contributed by atoms with Gasteiger partial charge < -0.3 is 14.9 Å². The van der Waals surface area contributed by atoms with E-state index in [0.29, 0.717) is 5.92 Å². The topological polar surface area (TPSA) is 0 Å². The summed E-state index contributed by atoms with van der Waals surface area (Å²) in [6.45, 7) is 18.3. The fourth-order valence-corrected chi connectivity index (χ4v) is 3.76. The molecule has 0 saturated heterocycles. The number of benzene rings is 2. The van der Waals surface area contributed by atoms with E-state index in [4.69, 9.17) is 0 Å². The minimum absolute atomic E-state index is 0. The molecular weight excluding hydrogens is 539 g/mol. The van der Waals surface area contributed by atoms with Crippen molar-refractivity contribution in [3.05, 3.63) is 103 Å². The van der Waals surface area contributed by atoms with Crippen molar-refractivity contribution in [2.75, 3.05) is 0 Å². The molecule has 0 N–H and O–H groups in total. The van der Waals surface area contributed by atoms with Crippen molar-refractivity contribution in [2.45, 2.75) is 48.5 Å². The molecule has 0 heterocycles. The average molecular weight is 577 g/mol. The molecule has 1 aliphatic rings. The molecule has 180 valence electrons. The predicted molar refractivity (Wildman–Crippen MR) is 152 cm³/mol.